The molecule has 2 rings (SSSR count). The van der Waals surface area contributed by atoms with Crippen molar-refractivity contribution in [3.05, 3.63) is 65.2 Å². The van der Waals surface area contributed by atoms with E-state index in [9.17, 15) is 4.79 Å². The van der Waals surface area contributed by atoms with Crippen LogP contribution in [0.25, 0.3) is 0 Å². The molecule has 0 radical (unpaired) electrons. The molecule has 0 aliphatic carbocycles. The quantitative estimate of drug-likeness (QED) is 0.830. The zero-order valence-corrected chi connectivity index (χ0v) is 9.76. The van der Waals surface area contributed by atoms with Gasteiger partial charge in [-0.25, -0.2) is 0 Å². The molecule has 2 aromatic rings. The maximum absolute atomic E-state index is 10.5. The maximum Gasteiger partial charge on any atom is 0.150 e. The van der Waals surface area contributed by atoms with E-state index in [1.54, 1.807) is 18.2 Å². The third-order valence-electron chi connectivity index (χ3n) is 2.60. The number of nitrogens with zero attached hydrogens (tertiary/aromatic N) is 1. The Labute approximate surface area is 106 Å². The van der Waals surface area contributed by atoms with Gasteiger partial charge in [0.05, 0.1) is 11.6 Å². The Kier molecular flexibility index (Phi) is 3.72. The zero-order valence-electron chi connectivity index (χ0n) is 9.76. The monoisotopic (exact) mass is 236 g/mol. The molecule has 0 aromatic heterocycles. The Morgan fingerprint density at radius 1 is 1.17 bits per heavy atom. The standard InChI is InChI=1S/C15H12N2O/c16-9-13-2-1-3-14(8-13)10-17-15-6-4-12(11-18)5-7-15/h1-8,11,17H,10H2. The minimum atomic E-state index is 0.649. The predicted molar refractivity (Wildman–Crippen MR) is 70.3 cm³/mol. The van der Waals surface area contributed by atoms with Gasteiger partial charge in [-0.3, -0.25) is 4.79 Å². The van der Waals surface area contributed by atoms with Crippen LogP contribution in [0.1, 0.15) is 21.5 Å². The van der Waals surface area contributed by atoms with Gasteiger partial charge < -0.3 is 5.32 Å². The van der Waals surface area contributed by atoms with E-state index in [1.807, 2.05) is 30.3 Å². The highest BCUT2D eigenvalue weighted by atomic mass is 16.1. The lowest BCUT2D eigenvalue weighted by Gasteiger charge is -2.06. The molecule has 18 heavy (non-hydrogen) atoms. The van der Waals surface area contributed by atoms with Crippen LogP contribution in [-0.4, -0.2) is 6.29 Å². The number of aldehydes is 1. The van der Waals surface area contributed by atoms with Gasteiger partial charge in [0.1, 0.15) is 6.29 Å². The number of anilines is 1. The molecule has 3 heteroatoms. The zero-order chi connectivity index (χ0) is 12.8. The third-order valence-corrected chi connectivity index (χ3v) is 2.60. The first kappa shape index (κ1) is 11.9. The number of benzene rings is 2. The second-order valence-corrected chi connectivity index (χ2v) is 3.91. The van der Waals surface area contributed by atoms with E-state index in [0.717, 1.165) is 17.5 Å². The van der Waals surface area contributed by atoms with Crippen LogP contribution < -0.4 is 5.32 Å². The van der Waals surface area contributed by atoms with Crippen molar-refractivity contribution in [2.45, 2.75) is 6.54 Å². The van der Waals surface area contributed by atoms with Gasteiger partial charge in [-0.05, 0) is 42.0 Å². The molecular weight excluding hydrogens is 224 g/mol. The third kappa shape index (κ3) is 2.96. The molecule has 0 atom stereocenters. The lowest BCUT2D eigenvalue weighted by atomic mass is 10.1. The molecular formula is C15H12N2O. The van der Waals surface area contributed by atoms with E-state index >= 15 is 0 Å². The molecule has 0 saturated heterocycles. The smallest absolute Gasteiger partial charge is 0.150 e. The number of rotatable bonds is 4. The van der Waals surface area contributed by atoms with Crippen molar-refractivity contribution in [3.63, 3.8) is 0 Å². The Balaban J connectivity index is 2.02. The first-order chi connectivity index (χ1) is 8.81. The molecule has 88 valence electrons. The Bertz CT molecular complexity index is 582. The number of hydrogen-bond acceptors (Lipinski definition) is 3. The van der Waals surface area contributed by atoms with E-state index in [-0.39, 0.29) is 0 Å². The number of hydrogen-bond donors (Lipinski definition) is 1. The molecule has 0 amide bonds. The fraction of sp³-hybridized carbons (Fsp3) is 0.0667. The number of carbonyl (C=O) groups is 1. The van der Waals surface area contributed by atoms with Crippen LogP contribution in [0.3, 0.4) is 0 Å². The first-order valence-corrected chi connectivity index (χ1v) is 5.60. The fourth-order valence-corrected chi connectivity index (χ4v) is 1.63. The summed E-state index contributed by atoms with van der Waals surface area (Å²) < 4.78 is 0. The molecule has 0 heterocycles. The van der Waals surface area contributed by atoms with Gasteiger partial charge in [-0.1, -0.05) is 12.1 Å². The van der Waals surface area contributed by atoms with Crippen molar-refractivity contribution in [3.8, 4) is 6.07 Å². The van der Waals surface area contributed by atoms with Crippen LogP contribution in [0.2, 0.25) is 0 Å². The fourth-order valence-electron chi connectivity index (χ4n) is 1.63. The summed E-state index contributed by atoms with van der Waals surface area (Å²) in [6.07, 6.45) is 0.820. The van der Waals surface area contributed by atoms with Gasteiger partial charge in [-0.2, -0.15) is 5.26 Å². The van der Waals surface area contributed by atoms with Gasteiger partial charge in [0, 0.05) is 17.8 Å². The SMILES string of the molecule is N#Cc1cccc(CNc2ccc(C=O)cc2)c1. The van der Waals surface area contributed by atoms with Crippen LogP contribution in [0.15, 0.2) is 48.5 Å². The summed E-state index contributed by atoms with van der Waals surface area (Å²) in [5.74, 6) is 0. The predicted octanol–water partition coefficient (Wildman–Crippen LogP) is 2.98. The average molecular weight is 236 g/mol. The molecule has 1 N–H and O–H groups in total. The van der Waals surface area contributed by atoms with E-state index in [1.165, 1.54) is 0 Å². The van der Waals surface area contributed by atoms with Gasteiger partial charge in [0.15, 0.2) is 0 Å². The van der Waals surface area contributed by atoms with E-state index in [0.29, 0.717) is 17.7 Å². The van der Waals surface area contributed by atoms with Crippen molar-refractivity contribution in [2.24, 2.45) is 0 Å². The summed E-state index contributed by atoms with van der Waals surface area (Å²) in [4.78, 5) is 10.5. The van der Waals surface area contributed by atoms with E-state index in [4.69, 9.17) is 5.26 Å². The van der Waals surface area contributed by atoms with E-state index < -0.39 is 0 Å². The molecule has 3 nitrogen and oxygen atoms in total. The van der Waals surface area contributed by atoms with Gasteiger partial charge in [-0.15, -0.1) is 0 Å². The average Bonchev–Trinajstić information content (AvgIpc) is 2.46. The molecule has 0 bridgehead atoms. The van der Waals surface area contributed by atoms with Crippen LogP contribution >= 0.6 is 0 Å². The largest absolute Gasteiger partial charge is 0.381 e. The van der Waals surface area contributed by atoms with Crippen LogP contribution in [0, 0.1) is 11.3 Å². The van der Waals surface area contributed by atoms with E-state index in [2.05, 4.69) is 11.4 Å². The second-order valence-electron chi connectivity index (χ2n) is 3.91. The van der Waals surface area contributed by atoms with Crippen molar-refractivity contribution in [1.29, 1.82) is 5.26 Å². The van der Waals surface area contributed by atoms with Crippen LogP contribution in [0.5, 0.6) is 0 Å². The Hall–Kier alpha value is -2.60. The Morgan fingerprint density at radius 2 is 1.94 bits per heavy atom. The highest BCUT2D eigenvalue weighted by molar-refractivity contribution is 5.75. The Morgan fingerprint density at radius 3 is 2.61 bits per heavy atom. The molecule has 2 aromatic carbocycles. The summed E-state index contributed by atoms with van der Waals surface area (Å²) in [5, 5.41) is 12.0. The molecule has 0 aliphatic heterocycles. The number of nitrogens with one attached hydrogen (secondary N) is 1. The minimum absolute atomic E-state index is 0.649. The van der Waals surface area contributed by atoms with Crippen molar-refractivity contribution in [2.75, 3.05) is 5.32 Å². The van der Waals surface area contributed by atoms with Gasteiger partial charge >= 0.3 is 0 Å². The minimum Gasteiger partial charge on any atom is -0.381 e. The van der Waals surface area contributed by atoms with Crippen molar-refractivity contribution < 1.29 is 4.79 Å². The molecule has 0 saturated carbocycles. The lowest BCUT2D eigenvalue weighted by Crippen LogP contribution is -1.99. The summed E-state index contributed by atoms with van der Waals surface area (Å²) in [6, 6.07) is 16.8. The topological polar surface area (TPSA) is 52.9 Å². The second kappa shape index (κ2) is 5.65. The molecule has 0 fully saturated rings. The van der Waals surface area contributed by atoms with Crippen molar-refractivity contribution in [1.82, 2.24) is 0 Å². The number of carbonyl (C=O) groups excluding carboxylic acids is 1. The highest BCUT2D eigenvalue weighted by Gasteiger charge is 1.96. The molecule has 0 spiro atoms. The summed E-state index contributed by atoms with van der Waals surface area (Å²) in [7, 11) is 0. The van der Waals surface area contributed by atoms with Crippen LogP contribution in [-0.2, 0) is 6.54 Å². The van der Waals surface area contributed by atoms with Gasteiger partial charge in [0.25, 0.3) is 0 Å². The lowest BCUT2D eigenvalue weighted by molar-refractivity contribution is 0.112. The maximum atomic E-state index is 10.5. The van der Waals surface area contributed by atoms with Crippen molar-refractivity contribution >= 4 is 12.0 Å². The van der Waals surface area contributed by atoms with Crippen LogP contribution in [0.4, 0.5) is 5.69 Å². The highest BCUT2D eigenvalue weighted by Crippen LogP contribution is 2.11. The first-order valence-electron chi connectivity index (χ1n) is 5.60. The molecule has 0 aliphatic rings. The number of nitriles is 1. The molecule has 0 unspecified atom stereocenters. The summed E-state index contributed by atoms with van der Waals surface area (Å²) in [6.45, 7) is 0.649. The summed E-state index contributed by atoms with van der Waals surface area (Å²) in [5.41, 5.74) is 3.31. The summed E-state index contributed by atoms with van der Waals surface area (Å²) >= 11 is 0. The normalized spacial score (nSPS) is 9.50. The van der Waals surface area contributed by atoms with Gasteiger partial charge in [0.2, 0.25) is 0 Å².